The Morgan fingerprint density at radius 1 is 1.33 bits per heavy atom. The number of rotatable bonds is 7. The zero-order chi connectivity index (χ0) is 15.9. The summed E-state index contributed by atoms with van der Waals surface area (Å²) in [5, 5.41) is 23.8. The molecule has 116 valence electrons. The van der Waals surface area contributed by atoms with Gasteiger partial charge in [0.2, 0.25) is 0 Å². The number of nitro benzene ring substituents is 1. The number of nitro groups is 1. The van der Waals surface area contributed by atoms with Crippen LogP contribution in [0, 0.1) is 10.1 Å². The van der Waals surface area contributed by atoms with Gasteiger partial charge in [-0.05, 0) is 6.07 Å². The van der Waals surface area contributed by atoms with E-state index in [4.69, 9.17) is 5.11 Å². The monoisotopic (exact) mass is 317 g/mol. The Labute approximate surface area is 121 Å². The zero-order valence-corrected chi connectivity index (χ0v) is 11.8. The molecule has 0 radical (unpaired) electrons. The number of nitrogens with zero attached hydrogens (tertiary/aromatic N) is 1. The fourth-order valence-electron chi connectivity index (χ4n) is 1.43. The number of hydrogen-bond acceptors (Lipinski definition) is 6. The van der Waals surface area contributed by atoms with Crippen molar-refractivity contribution in [1.29, 1.82) is 0 Å². The zero-order valence-electron chi connectivity index (χ0n) is 11.0. The lowest BCUT2D eigenvalue weighted by Gasteiger charge is -2.07. The van der Waals surface area contributed by atoms with Gasteiger partial charge in [-0.1, -0.05) is 6.07 Å². The second kappa shape index (κ2) is 7.55. The van der Waals surface area contributed by atoms with Crippen molar-refractivity contribution in [1.82, 2.24) is 5.32 Å². The fraction of sp³-hybridized carbons (Fsp3) is 0.364. The maximum Gasteiger partial charge on any atom is 0.319 e. The molecule has 1 aromatic carbocycles. The molecule has 21 heavy (non-hydrogen) atoms. The highest BCUT2D eigenvalue weighted by atomic mass is 32.2. The number of aliphatic hydroxyl groups excluding tert-OH is 1. The largest absolute Gasteiger partial charge is 0.395 e. The summed E-state index contributed by atoms with van der Waals surface area (Å²) in [6, 6.07) is 4.68. The van der Waals surface area contributed by atoms with Crippen LogP contribution < -0.4 is 10.6 Å². The molecular weight excluding hydrogens is 302 g/mol. The van der Waals surface area contributed by atoms with Gasteiger partial charge in [0, 0.05) is 24.4 Å². The molecule has 0 aliphatic carbocycles. The quantitative estimate of drug-likeness (QED) is 0.482. The topological polar surface area (TPSA) is 139 Å². The summed E-state index contributed by atoms with van der Waals surface area (Å²) in [4.78, 5) is 21.5. The van der Waals surface area contributed by atoms with Gasteiger partial charge in [0.25, 0.3) is 5.69 Å². The van der Waals surface area contributed by atoms with Gasteiger partial charge in [0.1, 0.15) is 0 Å². The molecule has 0 saturated carbocycles. The van der Waals surface area contributed by atoms with E-state index in [1.54, 1.807) is 0 Å². The molecule has 2 amide bonds. The lowest BCUT2D eigenvalue weighted by Crippen LogP contribution is -2.33. The molecule has 0 aromatic heterocycles. The lowest BCUT2D eigenvalue weighted by molar-refractivity contribution is -0.384. The van der Waals surface area contributed by atoms with Crippen LogP contribution >= 0.6 is 0 Å². The third-order valence-electron chi connectivity index (χ3n) is 2.42. The number of nitrogens with one attached hydrogen (secondary N) is 2. The average molecular weight is 317 g/mol. The highest BCUT2D eigenvalue weighted by molar-refractivity contribution is 7.91. The molecule has 9 nitrogen and oxygen atoms in total. The van der Waals surface area contributed by atoms with Gasteiger partial charge in [-0.25, -0.2) is 13.2 Å². The van der Waals surface area contributed by atoms with Gasteiger partial charge in [-0.2, -0.15) is 0 Å². The highest BCUT2D eigenvalue weighted by Gasteiger charge is 2.11. The van der Waals surface area contributed by atoms with Gasteiger partial charge in [0.05, 0.1) is 23.0 Å². The summed E-state index contributed by atoms with van der Waals surface area (Å²) in [6.45, 7) is -0.592. The molecule has 0 bridgehead atoms. The second-order valence-electron chi connectivity index (χ2n) is 4.06. The molecule has 0 heterocycles. The number of carbonyl (C=O) groups is 1. The molecule has 0 fully saturated rings. The third kappa shape index (κ3) is 6.19. The first-order chi connectivity index (χ1) is 9.84. The van der Waals surface area contributed by atoms with E-state index in [-0.39, 0.29) is 29.4 Å². The van der Waals surface area contributed by atoms with Crippen molar-refractivity contribution < 1.29 is 23.2 Å². The van der Waals surface area contributed by atoms with Gasteiger partial charge in [-0.3, -0.25) is 10.1 Å². The summed E-state index contributed by atoms with van der Waals surface area (Å²) in [7, 11) is -3.40. The SMILES string of the molecule is O=C(NCCS(=O)(=O)CCO)Nc1cccc([N+](=O)[O-])c1. The predicted octanol–water partition coefficient (Wildman–Crippen LogP) is 0.123. The maximum absolute atomic E-state index is 11.5. The Kier molecular flexibility index (Phi) is 6.06. The van der Waals surface area contributed by atoms with Crippen LogP contribution in [-0.4, -0.2) is 49.1 Å². The van der Waals surface area contributed by atoms with Gasteiger partial charge in [-0.15, -0.1) is 0 Å². The number of sulfone groups is 1. The number of non-ortho nitro benzene ring substituents is 1. The number of urea groups is 1. The van der Waals surface area contributed by atoms with E-state index < -0.39 is 27.4 Å². The molecule has 0 saturated heterocycles. The van der Waals surface area contributed by atoms with Crippen LogP contribution in [0.15, 0.2) is 24.3 Å². The molecule has 10 heteroatoms. The van der Waals surface area contributed by atoms with Crippen molar-refractivity contribution in [3.05, 3.63) is 34.4 Å². The number of aliphatic hydroxyl groups is 1. The van der Waals surface area contributed by atoms with Crippen LogP contribution in [0.2, 0.25) is 0 Å². The second-order valence-corrected chi connectivity index (χ2v) is 6.37. The van der Waals surface area contributed by atoms with Gasteiger partial charge < -0.3 is 15.7 Å². The van der Waals surface area contributed by atoms with Crippen LogP contribution in [-0.2, 0) is 9.84 Å². The standard InChI is InChI=1S/C11H15N3O6S/c15-5-7-21(19,20)6-4-12-11(16)13-9-2-1-3-10(8-9)14(17)18/h1-3,8,15H,4-7H2,(H2,12,13,16). The fourth-order valence-corrected chi connectivity index (χ4v) is 2.33. The molecule has 0 aliphatic heterocycles. The van der Waals surface area contributed by atoms with E-state index in [0.29, 0.717) is 0 Å². The number of carbonyl (C=O) groups excluding carboxylic acids is 1. The molecule has 3 N–H and O–H groups in total. The van der Waals surface area contributed by atoms with Crippen molar-refractivity contribution in [3.8, 4) is 0 Å². The number of benzene rings is 1. The molecule has 1 rings (SSSR count). The Morgan fingerprint density at radius 2 is 2.05 bits per heavy atom. The van der Waals surface area contributed by atoms with Crippen LogP contribution in [0.5, 0.6) is 0 Å². The summed E-state index contributed by atoms with van der Waals surface area (Å²) in [6.07, 6.45) is 0. The van der Waals surface area contributed by atoms with Crippen molar-refractivity contribution in [3.63, 3.8) is 0 Å². The van der Waals surface area contributed by atoms with E-state index in [1.807, 2.05) is 0 Å². The first-order valence-electron chi connectivity index (χ1n) is 5.94. The Hall–Kier alpha value is -2.20. The smallest absolute Gasteiger partial charge is 0.319 e. The molecule has 0 atom stereocenters. The van der Waals surface area contributed by atoms with Gasteiger partial charge >= 0.3 is 6.03 Å². The summed E-state index contributed by atoms with van der Waals surface area (Å²) >= 11 is 0. The molecular formula is C11H15N3O6S. The Bertz CT molecular complexity index is 616. The first kappa shape index (κ1) is 16.9. The summed E-state index contributed by atoms with van der Waals surface area (Å²) in [5.74, 6) is -0.656. The molecule has 0 unspecified atom stereocenters. The molecule has 1 aromatic rings. The minimum atomic E-state index is -3.40. The minimum Gasteiger partial charge on any atom is -0.395 e. The van der Waals surface area contributed by atoms with Crippen LogP contribution in [0.1, 0.15) is 0 Å². The third-order valence-corrected chi connectivity index (χ3v) is 4.05. The number of amides is 2. The Morgan fingerprint density at radius 3 is 2.67 bits per heavy atom. The van der Waals surface area contributed by atoms with Crippen molar-refractivity contribution in [2.45, 2.75) is 0 Å². The normalized spacial score (nSPS) is 10.9. The lowest BCUT2D eigenvalue weighted by atomic mass is 10.3. The molecule has 0 spiro atoms. The van der Waals surface area contributed by atoms with Crippen LogP contribution in [0.25, 0.3) is 0 Å². The highest BCUT2D eigenvalue weighted by Crippen LogP contribution is 2.16. The minimum absolute atomic E-state index is 0.122. The first-order valence-corrected chi connectivity index (χ1v) is 7.77. The van der Waals surface area contributed by atoms with E-state index in [9.17, 15) is 23.3 Å². The average Bonchev–Trinajstić information content (AvgIpc) is 2.38. The van der Waals surface area contributed by atoms with Crippen LogP contribution in [0.3, 0.4) is 0 Å². The van der Waals surface area contributed by atoms with E-state index in [0.717, 1.165) is 0 Å². The van der Waals surface area contributed by atoms with E-state index >= 15 is 0 Å². The number of anilines is 1. The maximum atomic E-state index is 11.5. The van der Waals surface area contributed by atoms with Crippen LogP contribution in [0.4, 0.5) is 16.2 Å². The van der Waals surface area contributed by atoms with E-state index in [1.165, 1.54) is 24.3 Å². The molecule has 0 aliphatic rings. The van der Waals surface area contributed by atoms with E-state index in [2.05, 4.69) is 10.6 Å². The Balaban J connectivity index is 2.47. The van der Waals surface area contributed by atoms with Crippen molar-refractivity contribution in [2.75, 3.05) is 30.0 Å². The summed E-state index contributed by atoms with van der Waals surface area (Å²) < 4.78 is 22.6. The number of hydrogen-bond donors (Lipinski definition) is 3. The van der Waals surface area contributed by atoms with Gasteiger partial charge in [0.15, 0.2) is 9.84 Å². The predicted molar refractivity (Wildman–Crippen MR) is 75.9 cm³/mol. The van der Waals surface area contributed by atoms with Crippen molar-refractivity contribution in [2.24, 2.45) is 0 Å². The summed E-state index contributed by atoms with van der Waals surface area (Å²) in [5.41, 5.74) is 0.0539. The van der Waals surface area contributed by atoms with Crippen molar-refractivity contribution >= 4 is 27.2 Å².